The number of nitrogens with zero attached hydrogens (tertiary/aromatic N) is 2. The summed E-state index contributed by atoms with van der Waals surface area (Å²) in [6.07, 6.45) is 0. The summed E-state index contributed by atoms with van der Waals surface area (Å²) in [7, 11) is 0. The molecule has 1 fully saturated rings. The monoisotopic (exact) mass is 425 g/mol. The number of benzene rings is 2. The van der Waals surface area contributed by atoms with Crippen molar-refractivity contribution in [2.75, 3.05) is 46.3 Å². The third-order valence-electron chi connectivity index (χ3n) is 5.95. The van der Waals surface area contributed by atoms with Crippen molar-refractivity contribution in [3.8, 4) is 23.0 Å². The van der Waals surface area contributed by atoms with Crippen molar-refractivity contribution in [2.45, 2.75) is 19.5 Å². The standard InChI is InChI=1S/C23H27N3O5/c1-16(18-3-5-20-22(11-18)31-15-29-20)24-23(27)13-26-8-6-25(7-9-26)12-17-2-4-19-21(10-17)30-14-28-19/h2-5,10-11,16H,6-9,12-15H2,1H3,(H,24,27)/t16-/m1/s1. The fourth-order valence-electron chi connectivity index (χ4n) is 4.16. The van der Waals surface area contributed by atoms with Crippen molar-refractivity contribution in [1.82, 2.24) is 15.1 Å². The number of carbonyl (C=O) groups excluding carboxylic acids is 1. The van der Waals surface area contributed by atoms with E-state index in [1.54, 1.807) is 0 Å². The van der Waals surface area contributed by atoms with E-state index in [2.05, 4.69) is 27.2 Å². The minimum Gasteiger partial charge on any atom is -0.454 e. The number of amides is 1. The van der Waals surface area contributed by atoms with Gasteiger partial charge in [-0.15, -0.1) is 0 Å². The molecule has 1 saturated heterocycles. The maximum atomic E-state index is 12.6. The topological polar surface area (TPSA) is 72.5 Å². The first-order valence-corrected chi connectivity index (χ1v) is 10.7. The van der Waals surface area contributed by atoms with Gasteiger partial charge in [0.15, 0.2) is 23.0 Å². The highest BCUT2D eigenvalue weighted by atomic mass is 16.7. The van der Waals surface area contributed by atoms with Crippen LogP contribution >= 0.6 is 0 Å². The van der Waals surface area contributed by atoms with Crippen molar-refractivity contribution in [3.63, 3.8) is 0 Å². The molecular formula is C23H27N3O5. The number of ether oxygens (including phenoxy) is 4. The van der Waals surface area contributed by atoms with Crippen molar-refractivity contribution >= 4 is 5.91 Å². The van der Waals surface area contributed by atoms with Gasteiger partial charge in [0, 0.05) is 32.7 Å². The Hall–Kier alpha value is -2.97. The van der Waals surface area contributed by atoms with Crippen molar-refractivity contribution < 1.29 is 23.7 Å². The summed E-state index contributed by atoms with van der Waals surface area (Å²) in [5, 5.41) is 3.09. The summed E-state index contributed by atoms with van der Waals surface area (Å²) >= 11 is 0. The second-order valence-corrected chi connectivity index (χ2v) is 8.14. The van der Waals surface area contributed by atoms with Crippen LogP contribution in [0.2, 0.25) is 0 Å². The van der Waals surface area contributed by atoms with Crippen LogP contribution in [-0.2, 0) is 11.3 Å². The molecule has 0 radical (unpaired) electrons. The number of nitrogens with one attached hydrogen (secondary N) is 1. The molecule has 2 aromatic rings. The lowest BCUT2D eigenvalue weighted by Gasteiger charge is -2.34. The van der Waals surface area contributed by atoms with E-state index in [-0.39, 0.29) is 18.7 Å². The SMILES string of the molecule is C[C@@H](NC(=O)CN1CCN(Cc2ccc3c(c2)OCO3)CC1)c1ccc2c(c1)OCO2. The molecule has 3 aliphatic rings. The zero-order valence-corrected chi connectivity index (χ0v) is 17.6. The molecule has 31 heavy (non-hydrogen) atoms. The quantitative estimate of drug-likeness (QED) is 0.760. The molecule has 1 amide bonds. The Balaban J connectivity index is 1.07. The zero-order valence-electron chi connectivity index (χ0n) is 17.6. The number of hydrogen-bond donors (Lipinski definition) is 1. The highest BCUT2D eigenvalue weighted by molar-refractivity contribution is 5.78. The summed E-state index contributed by atoms with van der Waals surface area (Å²) < 4.78 is 21.6. The van der Waals surface area contributed by atoms with E-state index >= 15 is 0 Å². The molecule has 3 aliphatic heterocycles. The Morgan fingerprint density at radius 3 is 2.23 bits per heavy atom. The largest absolute Gasteiger partial charge is 0.454 e. The molecule has 3 heterocycles. The molecule has 0 spiro atoms. The van der Waals surface area contributed by atoms with Crippen LogP contribution in [0, 0.1) is 0 Å². The van der Waals surface area contributed by atoms with Gasteiger partial charge in [-0.1, -0.05) is 12.1 Å². The van der Waals surface area contributed by atoms with Gasteiger partial charge in [0.05, 0.1) is 12.6 Å². The summed E-state index contributed by atoms with van der Waals surface area (Å²) in [6.45, 7) is 7.42. The predicted molar refractivity (Wildman–Crippen MR) is 113 cm³/mol. The summed E-state index contributed by atoms with van der Waals surface area (Å²) in [5.74, 6) is 3.16. The smallest absolute Gasteiger partial charge is 0.234 e. The van der Waals surface area contributed by atoms with Crippen LogP contribution in [0.25, 0.3) is 0 Å². The Kier molecular flexibility index (Phi) is 5.57. The van der Waals surface area contributed by atoms with Crippen LogP contribution in [0.4, 0.5) is 0 Å². The van der Waals surface area contributed by atoms with E-state index in [9.17, 15) is 4.79 Å². The van der Waals surface area contributed by atoms with Crippen LogP contribution in [0.1, 0.15) is 24.1 Å². The minimum atomic E-state index is -0.0886. The lowest BCUT2D eigenvalue weighted by Crippen LogP contribution is -2.49. The summed E-state index contributed by atoms with van der Waals surface area (Å²) in [5.41, 5.74) is 2.22. The van der Waals surface area contributed by atoms with E-state index in [0.717, 1.165) is 61.3 Å². The Morgan fingerprint density at radius 1 is 0.871 bits per heavy atom. The average molecular weight is 425 g/mol. The fraction of sp³-hybridized carbons (Fsp3) is 0.435. The molecule has 0 saturated carbocycles. The van der Waals surface area contributed by atoms with Crippen LogP contribution in [-0.4, -0.2) is 62.0 Å². The van der Waals surface area contributed by atoms with Gasteiger partial charge >= 0.3 is 0 Å². The molecular weight excluding hydrogens is 398 g/mol. The van der Waals surface area contributed by atoms with Crippen molar-refractivity contribution in [1.29, 1.82) is 0 Å². The molecule has 0 bridgehead atoms. The molecule has 2 aromatic carbocycles. The van der Waals surface area contributed by atoms with E-state index in [1.165, 1.54) is 5.56 Å². The van der Waals surface area contributed by atoms with E-state index in [4.69, 9.17) is 18.9 Å². The van der Waals surface area contributed by atoms with Crippen LogP contribution in [0.3, 0.4) is 0 Å². The lowest BCUT2D eigenvalue weighted by atomic mass is 10.1. The highest BCUT2D eigenvalue weighted by Gasteiger charge is 2.22. The Labute approximate surface area is 181 Å². The van der Waals surface area contributed by atoms with Crippen LogP contribution < -0.4 is 24.3 Å². The van der Waals surface area contributed by atoms with Gasteiger partial charge in [-0.2, -0.15) is 0 Å². The van der Waals surface area contributed by atoms with Gasteiger partial charge in [-0.25, -0.2) is 0 Å². The fourth-order valence-corrected chi connectivity index (χ4v) is 4.16. The lowest BCUT2D eigenvalue weighted by molar-refractivity contribution is -0.123. The van der Waals surface area contributed by atoms with Crippen LogP contribution in [0.5, 0.6) is 23.0 Å². The predicted octanol–water partition coefficient (Wildman–Crippen LogP) is 2.14. The van der Waals surface area contributed by atoms with Gasteiger partial charge in [0.1, 0.15) is 0 Å². The second kappa shape index (κ2) is 8.64. The highest BCUT2D eigenvalue weighted by Crippen LogP contribution is 2.34. The maximum Gasteiger partial charge on any atom is 0.234 e. The first-order valence-electron chi connectivity index (χ1n) is 10.7. The Bertz CT molecular complexity index is 958. The van der Waals surface area contributed by atoms with Crippen LogP contribution in [0.15, 0.2) is 36.4 Å². The maximum absolute atomic E-state index is 12.6. The number of hydrogen-bond acceptors (Lipinski definition) is 7. The summed E-state index contributed by atoms with van der Waals surface area (Å²) in [6, 6.07) is 11.8. The molecule has 0 aliphatic carbocycles. The van der Waals surface area contributed by atoms with Gasteiger partial charge in [-0.3, -0.25) is 14.6 Å². The van der Waals surface area contributed by atoms with E-state index < -0.39 is 0 Å². The van der Waals surface area contributed by atoms with Crippen molar-refractivity contribution in [3.05, 3.63) is 47.5 Å². The molecule has 5 rings (SSSR count). The van der Waals surface area contributed by atoms with Crippen molar-refractivity contribution in [2.24, 2.45) is 0 Å². The summed E-state index contributed by atoms with van der Waals surface area (Å²) in [4.78, 5) is 17.2. The molecule has 0 unspecified atom stereocenters. The third kappa shape index (κ3) is 4.55. The van der Waals surface area contributed by atoms with E-state index in [1.807, 2.05) is 31.2 Å². The minimum absolute atomic E-state index is 0.0365. The zero-order chi connectivity index (χ0) is 21.2. The van der Waals surface area contributed by atoms with Gasteiger partial charge < -0.3 is 24.3 Å². The molecule has 164 valence electrons. The molecule has 0 aromatic heterocycles. The second-order valence-electron chi connectivity index (χ2n) is 8.14. The molecule has 8 nitrogen and oxygen atoms in total. The molecule has 8 heteroatoms. The third-order valence-corrected chi connectivity index (χ3v) is 5.95. The van der Waals surface area contributed by atoms with Gasteiger partial charge in [-0.05, 0) is 42.3 Å². The first-order chi connectivity index (χ1) is 15.1. The molecule has 1 atom stereocenters. The normalized spacial score (nSPS) is 18.7. The number of fused-ring (bicyclic) bond motifs is 2. The van der Waals surface area contributed by atoms with Gasteiger partial charge in [0.2, 0.25) is 19.5 Å². The average Bonchev–Trinajstić information content (AvgIpc) is 3.43. The van der Waals surface area contributed by atoms with Gasteiger partial charge in [0.25, 0.3) is 0 Å². The van der Waals surface area contributed by atoms with E-state index in [0.29, 0.717) is 13.3 Å². The number of carbonyl (C=O) groups is 1. The first kappa shape index (κ1) is 20.0. The Morgan fingerprint density at radius 2 is 1.48 bits per heavy atom. The molecule has 1 N–H and O–H groups in total. The number of rotatable bonds is 6. The number of piperazine rings is 1.